The van der Waals surface area contributed by atoms with E-state index in [0.29, 0.717) is 34.0 Å². The number of hydrogen-bond donors (Lipinski definition) is 0. The number of hydrogen-bond acceptors (Lipinski definition) is 3. The Kier molecular flexibility index (Phi) is 5.42. The van der Waals surface area contributed by atoms with Crippen LogP contribution in [-0.2, 0) is 0 Å². The first-order chi connectivity index (χ1) is 13.5. The van der Waals surface area contributed by atoms with E-state index >= 15 is 0 Å². The van der Waals surface area contributed by atoms with Gasteiger partial charge in [0.15, 0.2) is 0 Å². The predicted molar refractivity (Wildman–Crippen MR) is 106 cm³/mol. The van der Waals surface area contributed by atoms with Crippen LogP contribution in [0.5, 0.6) is 5.75 Å². The molecule has 0 aliphatic carbocycles. The Balaban J connectivity index is 2.02. The van der Waals surface area contributed by atoms with E-state index in [9.17, 15) is 14.4 Å². The number of ether oxygens (including phenoxy) is 1. The summed E-state index contributed by atoms with van der Waals surface area (Å²) < 4.78 is 21.0. The fraction of sp³-hybridized carbons (Fsp3) is 0.130. The number of carbonyl (C=O) groups is 1. The van der Waals surface area contributed by atoms with E-state index in [4.69, 9.17) is 4.74 Å². The first-order valence-corrected chi connectivity index (χ1v) is 8.70. The molecule has 5 heteroatoms. The van der Waals surface area contributed by atoms with Crippen molar-refractivity contribution >= 4 is 11.9 Å². The van der Waals surface area contributed by atoms with Gasteiger partial charge in [-0.1, -0.05) is 24.3 Å². The number of nitriles is 1. The van der Waals surface area contributed by atoms with Gasteiger partial charge >= 0.3 is 0 Å². The zero-order chi connectivity index (χ0) is 20.3. The quantitative estimate of drug-likeness (QED) is 0.357. The zero-order valence-corrected chi connectivity index (χ0v) is 15.9. The highest BCUT2D eigenvalue weighted by atomic mass is 19.1. The third-order valence-electron chi connectivity index (χ3n) is 4.56. The van der Waals surface area contributed by atoms with Crippen LogP contribution < -0.4 is 4.74 Å². The number of aryl methyl sites for hydroxylation is 1. The number of para-hydroxylation sites is 1. The van der Waals surface area contributed by atoms with Crippen LogP contribution in [-0.4, -0.2) is 17.5 Å². The molecule has 0 amide bonds. The zero-order valence-electron chi connectivity index (χ0n) is 15.9. The number of benzene rings is 2. The van der Waals surface area contributed by atoms with E-state index in [2.05, 4.69) is 0 Å². The Bertz CT molecular complexity index is 1100. The van der Waals surface area contributed by atoms with Gasteiger partial charge in [-0.15, -0.1) is 0 Å². The molecule has 0 spiro atoms. The summed E-state index contributed by atoms with van der Waals surface area (Å²) in [6, 6.07) is 17.1. The molecule has 0 N–H and O–H groups in total. The van der Waals surface area contributed by atoms with Gasteiger partial charge in [-0.05, 0) is 55.8 Å². The largest absolute Gasteiger partial charge is 0.497 e. The lowest BCUT2D eigenvalue weighted by Crippen LogP contribution is -2.06. The topological polar surface area (TPSA) is 55.0 Å². The first kappa shape index (κ1) is 19.1. The number of ketones is 1. The molecule has 0 fully saturated rings. The molecule has 1 aromatic heterocycles. The Morgan fingerprint density at radius 1 is 1.14 bits per heavy atom. The first-order valence-electron chi connectivity index (χ1n) is 8.70. The highest BCUT2D eigenvalue weighted by molar-refractivity contribution is 6.14. The van der Waals surface area contributed by atoms with Gasteiger partial charge in [-0.3, -0.25) is 4.79 Å². The van der Waals surface area contributed by atoms with Crippen molar-refractivity contribution in [3.63, 3.8) is 0 Å². The monoisotopic (exact) mass is 374 g/mol. The van der Waals surface area contributed by atoms with E-state index < -0.39 is 5.78 Å². The van der Waals surface area contributed by atoms with Crippen molar-refractivity contribution in [2.45, 2.75) is 13.8 Å². The van der Waals surface area contributed by atoms with Gasteiger partial charge in [0.2, 0.25) is 5.78 Å². The van der Waals surface area contributed by atoms with Gasteiger partial charge in [0, 0.05) is 17.0 Å². The predicted octanol–water partition coefficient (Wildman–Crippen LogP) is 5.03. The minimum atomic E-state index is -0.394. The molecule has 0 aliphatic heterocycles. The third kappa shape index (κ3) is 3.58. The molecule has 2 aromatic carbocycles. The molecular formula is C23H19FN2O2. The number of rotatable bonds is 5. The van der Waals surface area contributed by atoms with Crippen molar-refractivity contribution in [3.8, 4) is 17.5 Å². The van der Waals surface area contributed by atoms with Gasteiger partial charge in [0.05, 0.1) is 12.8 Å². The molecule has 0 bridgehead atoms. The van der Waals surface area contributed by atoms with Gasteiger partial charge in [-0.2, -0.15) is 5.26 Å². The number of Topliss-reactive ketones (excluding diaryl/α,β-unsaturated/α-hetero) is 1. The van der Waals surface area contributed by atoms with Crippen molar-refractivity contribution in [1.29, 1.82) is 5.26 Å². The molecule has 0 aliphatic rings. The minimum Gasteiger partial charge on any atom is -0.497 e. The van der Waals surface area contributed by atoms with E-state index in [-0.39, 0.29) is 11.4 Å². The Hall–Kier alpha value is -3.65. The van der Waals surface area contributed by atoms with Crippen LogP contribution in [0.1, 0.15) is 27.3 Å². The molecule has 28 heavy (non-hydrogen) atoms. The second-order valence-electron chi connectivity index (χ2n) is 6.34. The van der Waals surface area contributed by atoms with Crippen LogP contribution in [0.15, 0.2) is 60.2 Å². The van der Waals surface area contributed by atoms with E-state index in [1.165, 1.54) is 12.1 Å². The van der Waals surface area contributed by atoms with Crippen LogP contribution in [0.3, 0.4) is 0 Å². The molecule has 0 radical (unpaired) electrons. The fourth-order valence-electron chi connectivity index (χ4n) is 3.16. The summed E-state index contributed by atoms with van der Waals surface area (Å²) in [5.41, 5.74) is 2.78. The summed E-state index contributed by atoms with van der Waals surface area (Å²) in [5.74, 6) is -0.0815. The highest BCUT2D eigenvalue weighted by Crippen LogP contribution is 2.25. The molecule has 0 unspecified atom stereocenters. The van der Waals surface area contributed by atoms with Crippen molar-refractivity contribution in [2.75, 3.05) is 7.11 Å². The molecule has 0 saturated carbocycles. The normalized spacial score (nSPS) is 11.2. The summed E-state index contributed by atoms with van der Waals surface area (Å²) in [5, 5.41) is 9.52. The SMILES string of the molecule is COc1ccc(C=C(C#N)C(=O)c2cc(C)n(-c3ccccc3F)c2C)cc1. The minimum absolute atomic E-state index is 0.0129. The Labute approximate surface area is 163 Å². The molecule has 1 heterocycles. The number of methoxy groups -OCH3 is 1. The van der Waals surface area contributed by atoms with Crippen LogP contribution in [0.2, 0.25) is 0 Å². The van der Waals surface area contributed by atoms with Crippen molar-refractivity contribution < 1.29 is 13.9 Å². The number of aromatic nitrogens is 1. The molecule has 140 valence electrons. The van der Waals surface area contributed by atoms with Crippen molar-refractivity contribution in [2.24, 2.45) is 0 Å². The lowest BCUT2D eigenvalue weighted by molar-refractivity contribution is 0.103. The fourth-order valence-corrected chi connectivity index (χ4v) is 3.16. The summed E-state index contributed by atoms with van der Waals surface area (Å²) in [7, 11) is 1.57. The van der Waals surface area contributed by atoms with Gasteiger partial charge < -0.3 is 9.30 Å². The third-order valence-corrected chi connectivity index (χ3v) is 4.56. The lowest BCUT2D eigenvalue weighted by atomic mass is 10.0. The number of halogens is 1. The summed E-state index contributed by atoms with van der Waals surface area (Å²) in [4.78, 5) is 13.0. The van der Waals surface area contributed by atoms with Crippen molar-refractivity contribution in [1.82, 2.24) is 4.57 Å². The molecule has 3 aromatic rings. The second-order valence-corrected chi connectivity index (χ2v) is 6.34. The molecule has 4 nitrogen and oxygen atoms in total. The molecule has 0 saturated heterocycles. The average molecular weight is 374 g/mol. The number of nitrogens with zero attached hydrogens (tertiary/aromatic N) is 2. The average Bonchev–Trinajstić information content (AvgIpc) is 3.00. The maximum absolute atomic E-state index is 14.2. The van der Waals surface area contributed by atoms with Crippen LogP contribution in [0, 0.1) is 31.0 Å². The second kappa shape index (κ2) is 7.93. The van der Waals surface area contributed by atoms with E-state index in [1.54, 1.807) is 74.1 Å². The summed E-state index contributed by atoms with van der Waals surface area (Å²) >= 11 is 0. The highest BCUT2D eigenvalue weighted by Gasteiger charge is 2.21. The standard InChI is InChI=1S/C23H19FN2O2/c1-15-12-20(16(2)26(15)22-7-5-4-6-21(22)24)23(27)18(14-25)13-17-8-10-19(28-3)11-9-17/h4-13H,1-3H3. The van der Waals surface area contributed by atoms with Gasteiger partial charge in [0.25, 0.3) is 0 Å². The van der Waals surface area contributed by atoms with Crippen LogP contribution in [0.25, 0.3) is 11.8 Å². The van der Waals surface area contributed by atoms with Crippen LogP contribution >= 0.6 is 0 Å². The smallest absolute Gasteiger partial charge is 0.205 e. The Morgan fingerprint density at radius 3 is 2.43 bits per heavy atom. The lowest BCUT2D eigenvalue weighted by Gasteiger charge is -2.10. The van der Waals surface area contributed by atoms with Crippen LogP contribution in [0.4, 0.5) is 4.39 Å². The molecule has 3 rings (SSSR count). The number of carbonyl (C=O) groups excluding carboxylic acids is 1. The molecular weight excluding hydrogens is 355 g/mol. The van der Waals surface area contributed by atoms with Crippen molar-refractivity contribution in [3.05, 3.63) is 88.5 Å². The van der Waals surface area contributed by atoms with Gasteiger partial charge in [-0.25, -0.2) is 4.39 Å². The summed E-state index contributed by atoms with van der Waals surface area (Å²) in [6.07, 6.45) is 1.54. The number of allylic oxidation sites excluding steroid dienone is 1. The maximum atomic E-state index is 14.2. The summed E-state index contributed by atoms with van der Waals surface area (Å²) in [6.45, 7) is 3.55. The van der Waals surface area contributed by atoms with Gasteiger partial charge in [0.1, 0.15) is 23.2 Å². The van der Waals surface area contributed by atoms with E-state index in [1.807, 2.05) is 6.07 Å². The van der Waals surface area contributed by atoms with E-state index in [0.717, 1.165) is 0 Å². The Morgan fingerprint density at radius 2 is 1.82 bits per heavy atom. The molecule has 0 atom stereocenters. The maximum Gasteiger partial charge on any atom is 0.205 e.